The first-order chi connectivity index (χ1) is 8.43. The summed E-state index contributed by atoms with van der Waals surface area (Å²) in [4.78, 5) is 0. The van der Waals surface area contributed by atoms with Crippen molar-refractivity contribution in [2.45, 2.75) is 46.6 Å². The van der Waals surface area contributed by atoms with Crippen LogP contribution in [0.1, 0.15) is 50.9 Å². The number of benzene rings is 1. The zero-order chi connectivity index (χ0) is 13.4. The summed E-state index contributed by atoms with van der Waals surface area (Å²) in [6.07, 6.45) is 2.08. The van der Waals surface area contributed by atoms with Crippen molar-refractivity contribution >= 4 is 10.8 Å². The van der Waals surface area contributed by atoms with Gasteiger partial charge in [-0.1, -0.05) is 19.9 Å². The van der Waals surface area contributed by atoms with E-state index in [1.54, 1.807) is 0 Å². The Hall–Kier alpha value is -1.57. The second kappa shape index (κ2) is 4.60. The maximum absolute atomic E-state index is 10.2. The third-order valence-electron chi connectivity index (χ3n) is 3.48. The molecule has 0 atom stereocenters. The number of hydrogen-bond acceptors (Lipinski definition) is 1. The number of hydrogen-bond donors (Lipinski definition) is 1. The Morgan fingerprint density at radius 2 is 1.67 bits per heavy atom. The lowest BCUT2D eigenvalue weighted by Crippen LogP contribution is -2.41. The monoisotopic (exact) mass is 244 g/mol. The number of phenols is 1. The van der Waals surface area contributed by atoms with Crippen molar-refractivity contribution in [2.75, 3.05) is 0 Å². The van der Waals surface area contributed by atoms with E-state index in [9.17, 15) is 5.11 Å². The van der Waals surface area contributed by atoms with Crippen LogP contribution < -0.4 is 4.57 Å². The average molecular weight is 244 g/mol. The minimum absolute atomic E-state index is 0.408. The molecular formula is C16H22NO+. The maximum atomic E-state index is 10.2. The first kappa shape index (κ1) is 12.9. The molecule has 0 spiro atoms. The van der Waals surface area contributed by atoms with Crippen molar-refractivity contribution < 1.29 is 9.67 Å². The van der Waals surface area contributed by atoms with E-state index in [1.165, 1.54) is 5.69 Å². The molecule has 18 heavy (non-hydrogen) atoms. The summed E-state index contributed by atoms with van der Waals surface area (Å²) in [5, 5.41) is 12.3. The fraction of sp³-hybridized carbons (Fsp3) is 0.438. The predicted octanol–water partition coefficient (Wildman–Crippen LogP) is 3.85. The van der Waals surface area contributed by atoms with Gasteiger partial charge in [-0.25, -0.2) is 0 Å². The van der Waals surface area contributed by atoms with Crippen LogP contribution in [0.4, 0.5) is 0 Å². The van der Waals surface area contributed by atoms with Gasteiger partial charge in [0.05, 0.1) is 5.39 Å². The Balaban J connectivity index is 2.87. The average Bonchev–Trinajstić information content (AvgIpc) is 2.32. The van der Waals surface area contributed by atoms with Crippen LogP contribution >= 0.6 is 0 Å². The molecule has 0 aliphatic carbocycles. The molecule has 0 saturated carbocycles. The van der Waals surface area contributed by atoms with Gasteiger partial charge in [0, 0.05) is 17.4 Å². The summed E-state index contributed by atoms with van der Waals surface area (Å²) in [6.45, 7) is 10.7. The van der Waals surface area contributed by atoms with Gasteiger partial charge in [-0.3, -0.25) is 0 Å². The predicted molar refractivity (Wildman–Crippen MR) is 75.0 cm³/mol. The third kappa shape index (κ3) is 1.96. The van der Waals surface area contributed by atoms with Gasteiger partial charge in [0.2, 0.25) is 0 Å². The van der Waals surface area contributed by atoms with Crippen LogP contribution in [-0.2, 0) is 0 Å². The van der Waals surface area contributed by atoms with Crippen LogP contribution in [0, 0.1) is 6.92 Å². The SMILES string of the molecule is Cc1ccc2c(C(C)C)[n+](C(C)C)ccc2c1O. The molecule has 0 aliphatic rings. The first-order valence-corrected chi connectivity index (χ1v) is 6.59. The van der Waals surface area contributed by atoms with Crippen LogP contribution in [-0.4, -0.2) is 5.11 Å². The van der Waals surface area contributed by atoms with E-state index >= 15 is 0 Å². The second-order valence-electron chi connectivity index (χ2n) is 5.55. The van der Waals surface area contributed by atoms with Gasteiger partial charge < -0.3 is 5.11 Å². The third-order valence-corrected chi connectivity index (χ3v) is 3.48. The number of nitrogens with zero attached hydrogens (tertiary/aromatic N) is 1. The highest BCUT2D eigenvalue weighted by molar-refractivity contribution is 5.90. The smallest absolute Gasteiger partial charge is 0.192 e. The van der Waals surface area contributed by atoms with Crippen LogP contribution in [0.3, 0.4) is 0 Å². The van der Waals surface area contributed by atoms with E-state index in [2.05, 4.69) is 44.5 Å². The molecule has 0 amide bonds. The van der Waals surface area contributed by atoms with Crippen LogP contribution in [0.15, 0.2) is 24.4 Å². The van der Waals surface area contributed by atoms with Gasteiger partial charge in [-0.15, -0.1) is 0 Å². The zero-order valence-corrected chi connectivity index (χ0v) is 11.9. The molecule has 0 saturated heterocycles. The Morgan fingerprint density at radius 3 is 2.22 bits per heavy atom. The highest BCUT2D eigenvalue weighted by Crippen LogP contribution is 2.31. The molecule has 0 fully saturated rings. The molecule has 1 N–H and O–H groups in total. The molecule has 2 rings (SSSR count). The molecule has 2 nitrogen and oxygen atoms in total. The van der Waals surface area contributed by atoms with E-state index in [-0.39, 0.29) is 0 Å². The van der Waals surface area contributed by atoms with Crippen molar-refractivity contribution in [1.29, 1.82) is 0 Å². The number of phenolic OH excluding ortho intramolecular Hbond substituents is 1. The normalized spacial score (nSPS) is 11.7. The van der Waals surface area contributed by atoms with Gasteiger partial charge in [0.25, 0.3) is 0 Å². The molecule has 96 valence electrons. The number of pyridine rings is 1. The van der Waals surface area contributed by atoms with Gasteiger partial charge in [0.15, 0.2) is 17.9 Å². The number of aromatic nitrogens is 1. The first-order valence-electron chi connectivity index (χ1n) is 6.59. The number of aryl methyl sites for hydroxylation is 1. The standard InChI is InChI=1S/C16H21NO/c1-10(2)15-13-7-6-12(5)16(18)14(13)8-9-17(15)11(3)4/h6-11H,1-5H3/p+1. The van der Waals surface area contributed by atoms with Crippen molar-refractivity contribution in [3.05, 3.63) is 35.7 Å². The minimum atomic E-state index is 0.408. The zero-order valence-electron chi connectivity index (χ0n) is 11.9. The van der Waals surface area contributed by atoms with Crippen LogP contribution in [0.25, 0.3) is 10.8 Å². The molecule has 0 bridgehead atoms. The minimum Gasteiger partial charge on any atom is -0.507 e. The Labute approximate surface area is 109 Å². The second-order valence-corrected chi connectivity index (χ2v) is 5.55. The highest BCUT2D eigenvalue weighted by Gasteiger charge is 2.22. The molecular weight excluding hydrogens is 222 g/mol. The Bertz CT molecular complexity index is 585. The quantitative estimate of drug-likeness (QED) is 0.797. The Morgan fingerprint density at radius 1 is 1.00 bits per heavy atom. The molecule has 1 aromatic carbocycles. The van der Waals surface area contributed by atoms with E-state index in [0.717, 1.165) is 16.3 Å². The molecule has 2 heteroatoms. The van der Waals surface area contributed by atoms with Crippen molar-refractivity contribution in [3.8, 4) is 5.75 Å². The lowest BCUT2D eigenvalue weighted by Gasteiger charge is -2.13. The van der Waals surface area contributed by atoms with Crippen LogP contribution in [0.5, 0.6) is 5.75 Å². The summed E-state index contributed by atoms with van der Waals surface area (Å²) in [6, 6.07) is 6.56. The van der Waals surface area contributed by atoms with E-state index in [0.29, 0.717) is 17.7 Å². The Kier molecular flexibility index (Phi) is 3.29. The van der Waals surface area contributed by atoms with Gasteiger partial charge in [-0.2, -0.15) is 4.57 Å². The van der Waals surface area contributed by atoms with Crippen molar-refractivity contribution in [1.82, 2.24) is 0 Å². The summed E-state index contributed by atoms with van der Waals surface area (Å²) in [5.74, 6) is 0.837. The van der Waals surface area contributed by atoms with E-state index < -0.39 is 0 Å². The molecule has 1 heterocycles. The van der Waals surface area contributed by atoms with Gasteiger partial charge in [0.1, 0.15) is 5.75 Å². The fourth-order valence-corrected chi connectivity index (χ4v) is 2.54. The highest BCUT2D eigenvalue weighted by atomic mass is 16.3. The topological polar surface area (TPSA) is 24.1 Å². The summed E-state index contributed by atoms with van der Waals surface area (Å²) in [7, 11) is 0. The molecule has 1 aromatic heterocycles. The fourth-order valence-electron chi connectivity index (χ4n) is 2.54. The lowest BCUT2D eigenvalue weighted by molar-refractivity contribution is -0.722. The molecule has 0 radical (unpaired) electrons. The maximum Gasteiger partial charge on any atom is 0.192 e. The van der Waals surface area contributed by atoms with E-state index in [1.807, 2.05) is 19.1 Å². The lowest BCUT2D eigenvalue weighted by atomic mass is 9.98. The summed E-state index contributed by atoms with van der Waals surface area (Å²) in [5.41, 5.74) is 2.22. The molecule has 2 aromatic rings. The number of aromatic hydroxyl groups is 1. The largest absolute Gasteiger partial charge is 0.507 e. The van der Waals surface area contributed by atoms with Gasteiger partial charge in [-0.05, 0) is 32.4 Å². The number of fused-ring (bicyclic) bond motifs is 1. The summed E-state index contributed by atoms with van der Waals surface area (Å²) < 4.78 is 2.29. The summed E-state index contributed by atoms with van der Waals surface area (Å²) >= 11 is 0. The van der Waals surface area contributed by atoms with Crippen LogP contribution in [0.2, 0.25) is 0 Å². The molecule has 0 unspecified atom stereocenters. The van der Waals surface area contributed by atoms with E-state index in [4.69, 9.17) is 0 Å². The van der Waals surface area contributed by atoms with Gasteiger partial charge >= 0.3 is 0 Å². The number of rotatable bonds is 2. The molecule has 0 aliphatic heterocycles. The van der Waals surface area contributed by atoms with Crippen molar-refractivity contribution in [3.63, 3.8) is 0 Å². The van der Waals surface area contributed by atoms with Crippen molar-refractivity contribution in [2.24, 2.45) is 0 Å².